The van der Waals surface area contributed by atoms with Gasteiger partial charge in [0, 0.05) is 18.2 Å². The van der Waals surface area contributed by atoms with Crippen LogP contribution in [-0.4, -0.2) is 30.8 Å². The molecule has 2 aliphatic rings. The Morgan fingerprint density at radius 1 is 1.26 bits per heavy atom. The summed E-state index contributed by atoms with van der Waals surface area (Å²) in [5.41, 5.74) is 3.34. The van der Waals surface area contributed by atoms with Gasteiger partial charge in [0.05, 0.1) is 12.1 Å². The van der Waals surface area contributed by atoms with Crippen LogP contribution < -0.4 is 4.90 Å². The molecule has 0 saturated heterocycles. The number of esters is 1. The van der Waals surface area contributed by atoms with Gasteiger partial charge in [-0.1, -0.05) is 0 Å². The number of amides is 1. The maximum atomic E-state index is 12.5. The molecule has 1 aromatic carbocycles. The number of anilines is 1. The van der Waals surface area contributed by atoms with E-state index in [0.717, 1.165) is 36.2 Å². The number of furan rings is 1. The Bertz CT molecular complexity index is 975. The maximum Gasteiger partial charge on any atom is 0.331 e. The highest BCUT2D eigenvalue weighted by molar-refractivity contribution is 9.10. The number of halogens is 1. The van der Waals surface area contributed by atoms with E-state index in [2.05, 4.69) is 15.9 Å². The smallest absolute Gasteiger partial charge is 0.331 e. The molecule has 0 unspecified atom stereocenters. The van der Waals surface area contributed by atoms with Crippen LogP contribution in [0.25, 0.3) is 6.08 Å². The molecular weight excluding hydrogens is 414 g/mol. The highest BCUT2D eigenvalue weighted by Gasteiger charge is 2.32. The van der Waals surface area contributed by atoms with Gasteiger partial charge in [0.1, 0.15) is 5.76 Å². The van der Waals surface area contributed by atoms with Crippen molar-refractivity contribution in [3.8, 4) is 0 Å². The zero-order chi connectivity index (χ0) is 19.0. The summed E-state index contributed by atoms with van der Waals surface area (Å²) >= 11 is 3.17. The number of carbonyl (C=O) groups is 3. The van der Waals surface area contributed by atoms with E-state index in [9.17, 15) is 14.4 Å². The minimum absolute atomic E-state index is 0.0803. The minimum atomic E-state index is -0.625. The summed E-state index contributed by atoms with van der Waals surface area (Å²) in [7, 11) is 0. The molecule has 0 bridgehead atoms. The monoisotopic (exact) mass is 429 g/mol. The van der Waals surface area contributed by atoms with Gasteiger partial charge in [0.2, 0.25) is 5.91 Å². The van der Waals surface area contributed by atoms with Gasteiger partial charge in [0.15, 0.2) is 17.1 Å². The highest BCUT2D eigenvalue weighted by Crippen LogP contribution is 2.37. The Balaban J connectivity index is 1.42. The molecule has 6 nitrogen and oxygen atoms in total. The lowest BCUT2D eigenvalue weighted by Crippen LogP contribution is -2.31. The van der Waals surface area contributed by atoms with Gasteiger partial charge in [-0.05, 0) is 70.2 Å². The van der Waals surface area contributed by atoms with E-state index < -0.39 is 5.97 Å². The van der Waals surface area contributed by atoms with Crippen LogP contribution in [0.4, 0.5) is 5.69 Å². The summed E-state index contributed by atoms with van der Waals surface area (Å²) in [5, 5.41) is 0. The zero-order valence-electron chi connectivity index (χ0n) is 14.4. The zero-order valence-corrected chi connectivity index (χ0v) is 16.0. The topological polar surface area (TPSA) is 76.8 Å². The first kappa shape index (κ1) is 17.7. The third-order valence-electron chi connectivity index (χ3n) is 4.65. The molecule has 1 amide bonds. The number of nitrogens with zero attached hydrogens (tertiary/aromatic N) is 1. The summed E-state index contributed by atoms with van der Waals surface area (Å²) in [5.74, 6) is -0.332. The lowest BCUT2D eigenvalue weighted by atomic mass is 9.95. The van der Waals surface area contributed by atoms with Crippen molar-refractivity contribution < 1.29 is 23.5 Å². The molecule has 1 aromatic heterocycles. The fourth-order valence-electron chi connectivity index (χ4n) is 3.48. The minimum Gasteiger partial charge on any atom is -0.454 e. The number of benzene rings is 1. The second-order valence-electron chi connectivity index (χ2n) is 6.47. The van der Waals surface area contributed by atoms with E-state index in [1.54, 1.807) is 23.1 Å². The first-order valence-electron chi connectivity index (χ1n) is 8.61. The van der Waals surface area contributed by atoms with Crippen LogP contribution in [0.1, 0.15) is 33.7 Å². The van der Waals surface area contributed by atoms with Crippen molar-refractivity contribution in [2.75, 3.05) is 18.1 Å². The van der Waals surface area contributed by atoms with Crippen LogP contribution in [0.5, 0.6) is 0 Å². The number of carbonyl (C=O) groups excluding carboxylic acids is 3. The van der Waals surface area contributed by atoms with Crippen molar-refractivity contribution in [1.29, 1.82) is 0 Å². The number of ether oxygens (including phenoxy) is 1. The third kappa shape index (κ3) is 3.60. The average Bonchev–Trinajstić information content (AvgIpc) is 3.22. The molecule has 27 heavy (non-hydrogen) atoms. The lowest BCUT2D eigenvalue weighted by molar-refractivity contribution is -0.136. The van der Waals surface area contributed by atoms with Crippen LogP contribution in [0.2, 0.25) is 0 Å². The van der Waals surface area contributed by atoms with Gasteiger partial charge in [-0.2, -0.15) is 0 Å². The van der Waals surface area contributed by atoms with Gasteiger partial charge < -0.3 is 14.1 Å². The standard InChI is InChI=1S/C20H16BrNO5/c21-17-5-3-15(27-17)4-6-19(25)26-11-16(23)13-8-12-2-1-7-22-18(24)10-14(9-13)20(12)22/h3-6,8-9H,1-2,7,10-11H2. The molecule has 0 N–H and O–H groups in total. The summed E-state index contributed by atoms with van der Waals surface area (Å²) in [4.78, 5) is 38.1. The molecule has 0 aliphatic carbocycles. The number of Topliss-reactive ketones (excluding diaryl/α,β-unsaturated/α-hetero) is 1. The summed E-state index contributed by atoms with van der Waals surface area (Å²) in [6.07, 6.45) is 4.73. The fraction of sp³-hybridized carbons (Fsp3) is 0.250. The van der Waals surface area contributed by atoms with Crippen LogP contribution in [0.15, 0.2) is 39.4 Å². The van der Waals surface area contributed by atoms with Crippen LogP contribution >= 0.6 is 15.9 Å². The van der Waals surface area contributed by atoms with E-state index >= 15 is 0 Å². The van der Waals surface area contributed by atoms with Crippen molar-refractivity contribution in [1.82, 2.24) is 0 Å². The Kier molecular flexibility index (Phi) is 4.70. The second-order valence-corrected chi connectivity index (χ2v) is 7.26. The molecule has 7 heteroatoms. The molecule has 4 rings (SSSR count). The predicted octanol–water partition coefficient (Wildman–Crippen LogP) is 3.32. The van der Waals surface area contributed by atoms with Gasteiger partial charge in [-0.25, -0.2) is 4.79 Å². The predicted molar refractivity (Wildman–Crippen MR) is 102 cm³/mol. The Morgan fingerprint density at radius 3 is 2.85 bits per heavy atom. The highest BCUT2D eigenvalue weighted by atomic mass is 79.9. The molecule has 0 saturated carbocycles. The van der Waals surface area contributed by atoms with Crippen molar-refractivity contribution >= 4 is 45.4 Å². The van der Waals surface area contributed by atoms with Crippen molar-refractivity contribution in [2.24, 2.45) is 0 Å². The number of ketones is 1. The molecule has 2 aromatic rings. The SMILES string of the molecule is O=C(C=Cc1ccc(Br)o1)OCC(=O)c1cc2c3c(c1)CC(=O)N3CCC2. The van der Waals surface area contributed by atoms with E-state index in [-0.39, 0.29) is 18.3 Å². The molecule has 3 heterocycles. The molecule has 0 spiro atoms. The molecule has 0 radical (unpaired) electrons. The summed E-state index contributed by atoms with van der Waals surface area (Å²) in [6, 6.07) is 6.96. The van der Waals surface area contributed by atoms with Gasteiger partial charge in [-0.15, -0.1) is 0 Å². The Morgan fingerprint density at radius 2 is 2.07 bits per heavy atom. The Hall–Kier alpha value is -2.67. The molecule has 2 aliphatic heterocycles. The Labute approximate surface area is 163 Å². The van der Waals surface area contributed by atoms with Crippen LogP contribution in [-0.2, 0) is 27.2 Å². The summed E-state index contributed by atoms with van der Waals surface area (Å²) in [6.45, 7) is 0.392. The lowest BCUT2D eigenvalue weighted by Gasteiger charge is -2.25. The van der Waals surface area contributed by atoms with Crippen molar-refractivity contribution in [3.05, 3.63) is 57.5 Å². The third-order valence-corrected chi connectivity index (χ3v) is 5.08. The van der Waals surface area contributed by atoms with Gasteiger partial charge in [-0.3, -0.25) is 9.59 Å². The average molecular weight is 430 g/mol. The van der Waals surface area contributed by atoms with E-state index in [1.807, 2.05) is 6.07 Å². The molecule has 138 valence electrons. The first-order valence-corrected chi connectivity index (χ1v) is 9.40. The van der Waals surface area contributed by atoms with E-state index in [4.69, 9.17) is 9.15 Å². The number of rotatable bonds is 5. The van der Waals surface area contributed by atoms with Crippen molar-refractivity contribution in [2.45, 2.75) is 19.3 Å². The number of hydrogen-bond donors (Lipinski definition) is 0. The number of hydrogen-bond acceptors (Lipinski definition) is 5. The molecule has 0 fully saturated rings. The quantitative estimate of drug-likeness (QED) is 0.413. The van der Waals surface area contributed by atoms with Gasteiger partial charge in [0.25, 0.3) is 0 Å². The molecule has 0 atom stereocenters. The van der Waals surface area contributed by atoms with Crippen LogP contribution in [0, 0.1) is 0 Å². The maximum absolute atomic E-state index is 12.5. The second kappa shape index (κ2) is 7.15. The molecular formula is C20H16BrNO5. The van der Waals surface area contributed by atoms with E-state index in [0.29, 0.717) is 22.4 Å². The summed E-state index contributed by atoms with van der Waals surface area (Å²) < 4.78 is 10.8. The normalized spacial score (nSPS) is 15.3. The van der Waals surface area contributed by atoms with Gasteiger partial charge >= 0.3 is 5.97 Å². The van der Waals surface area contributed by atoms with E-state index in [1.165, 1.54) is 12.2 Å². The first-order chi connectivity index (χ1) is 13.0. The van der Waals surface area contributed by atoms with Crippen molar-refractivity contribution in [3.63, 3.8) is 0 Å². The van der Waals surface area contributed by atoms with Crippen LogP contribution in [0.3, 0.4) is 0 Å². The largest absolute Gasteiger partial charge is 0.454 e. The fourth-order valence-corrected chi connectivity index (χ4v) is 3.80. The number of aryl methyl sites for hydroxylation is 1.